The number of amides is 1. The number of carboxylic acids is 1. The van der Waals surface area contributed by atoms with Crippen LogP contribution in [0.2, 0.25) is 0 Å². The molecule has 0 spiro atoms. The quantitative estimate of drug-likeness (QED) is 0.472. The van der Waals surface area contributed by atoms with Gasteiger partial charge in [0.05, 0.1) is 28.7 Å². The van der Waals surface area contributed by atoms with Gasteiger partial charge in [-0.25, -0.2) is 28.5 Å². The Morgan fingerprint density at radius 1 is 1.15 bits per heavy atom. The lowest BCUT2D eigenvalue weighted by Crippen LogP contribution is -2.61. The molecule has 0 atom stereocenters. The Hall–Kier alpha value is -3.37. The number of aryl methyl sites for hydroxylation is 2. The molecule has 2 aromatic rings. The highest BCUT2D eigenvalue weighted by Gasteiger charge is 2.39. The molecule has 2 aromatic heterocycles. The number of halogens is 2. The van der Waals surface area contributed by atoms with Gasteiger partial charge in [-0.1, -0.05) is 13.8 Å². The molecule has 0 bridgehead atoms. The fourth-order valence-electron chi connectivity index (χ4n) is 5.75. The minimum absolute atomic E-state index is 0.00891. The van der Waals surface area contributed by atoms with E-state index in [9.17, 15) is 23.5 Å². The molecule has 1 saturated carbocycles. The smallest absolute Gasteiger partial charge is 0.337 e. The van der Waals surface area contributed by atoms with Crippen LogP contribution < -0.4 is 10.2 Å². The first-order valence-corrected chi connectivity index (χ1v) is 14.0. The summed E-state index contributed by atoms with van der Waals surface area (Å²) in [5, 5.41) is 12.8. The summed E-state index contributed by atoms with van der Waals surface area (Å²) in [4.78, 5) is 42.9. The Labute approximate surface area is 234 Å². The number of alkyl halides is 2. The zero-order chi connectivity index (χ0) is 29.4. The van der Waals surface area contributed by atoms with E-state index in [1.807, 2.05) is 27.7 Å². The number of pyridine rings is 1. The normalized spacial score (nSPS) is 19.1. The Morgan fingerprint density at radius 3 is 2.40 bits per heavy atom. The highest BCUT2D eigenvalue weighted by atomic mass is 19.3. The molecular formula is C29H40F2N6O3. The van der Waals surface area contributed by atoms with Crippen LogP contribution in [0.5, 0.6) is 0 Å². The van der Waals surface area contributed by atoms with Gasteiger partial charge >= 0.3 is 5.97 Å². The van der Waals surface area contributed by atoms with Crippen LogP contribution in [0.1, 0.15) is 97.1 Å². The zero-order valence-electron chi connectivity index (χ0n) is 24.2. The Bertz CT molecular complexity index is 1250. The molecule has 40 heavy (non-hydrogen) atoms. The Morgan fingerprint density at radius 2 is 1.82 bits per heavy atom. The van der Waals surface area contributed by atoms with Crippen molar-refractivity contribution in [3.8, 4) is 0 Å². The van der Waals surface area contributed by atoms with Gasteiger partial charge in [0.2, 0.25) is 5.92 Å². The molecular weight excluding hydrogens is 518 g/mol. The van der Waals surface area contributed by atoms with E-state index in [-0.39, 0.29) is 41.8 Å². The summed E-state index contributed by atoms with van der Waals surface area (Å²) >= 11 is 0. The number of aromatic nitrogens is 3. The number of nitrogens with zero attached hydrogens (tertiary/aromatic N) is 5. The topological polar surface area (TPSA) is 112 Å². The molecule has 4 rings (SSSR count). The van der Waals surface area contributed by atoms with Gasteiger partial charge < -0.3 is 20.2 Å². The Kier molecular flexibility index (Phi) is 8.33. The molecule has 1 aliphatic heterocycles. The molecule has 0 radical (unpaired) electrons. The van der Waals surface area contributed by atoms with Gasteiger partial charge in [-0.2, -0.15) is 0 Å². The van der Waals surface area contributed by atoms with E-state index in [4.69, 9.17) is 4.98 Å². The number of aromatic carboxylic acids is 1. The second kappa shape index (κ2) is 11.2. The first kappa shape index (κ1) is 29.6. The maximum atomic E-state index is 13.7. The lowest BCUT2D eigenvalue weighted by molar-refractivity contribution is -0.0443. The largest absolute Gasteiger partial charge is 0.478 e. The Balaban J connectivity index is 1.47. The van der Waals surface area contributed by atoms with E-state index in [0.717, 1.165) is 0 Å². The van der Waals surface area contributed by atoms with Gasteiger partial charge in [-0.15, -0.1) is 0 Å². The zero-order valence-corrected chi connectivity index (χ0v) is 24.2. The van der Waals surface area contributed by atoms with Crippen molar-refractivity contribution in [2.24, 2.45) is 5.92 Å². The summed E-state index contributed by atoms with van der Waals surface area (Å²) in [5.41, 5.74) is 1.72. The molecule has 9 nitrogen and oxygen atoms in total. The predicted octanol–water partition coefficient (Wildman–Crippen LogP) is 5.29. The molecule has 1 aliphatic carbocycles. The maximum absolute atomic E-state index is 13.7. The molecule has 1 saturated heterocycles. The lowest BCUT2D eigenvalue weighted by atomic mass is 9.87. The maximum Gasteiger partial charge on any atom is 0.337 e. The second-order valence-electron chi connectivity index (χ2n) is 12.1. The summed E-state index contributed by atoms with van der Waals surface area (Å²) in [6.45, 7) is 13.5. The van der Waals surface area contributed by atoms with Crippen molar-refractivity contribution < 1.29 is 23.5 Å². The van der Waals surface area contributed by atoms with E-state index in [1.54, 1.807) is 24.8 Å². The number of hydrogen-bond donors (Lipinski definition) is 2. The minimum Gasteiger partial charge on any atom is -0.478 e. The molecule has 2 N–H and O–H groups in total. The van der Waals surface area contributed by atoms with Gasteiger partial charge in [-0.3, -0.25) is 4.79 Å². The first-order chi connectivity index (χ1) is 18.7. The lowest BCUT2D eigenvalue weighted by Gasteiger charge is -2.47. The van der Waals surface area contributed by atoms with Crippen LogP contribution in [0.15, 0.2) is 12.3 Å². The number of nitrogens with one attached hydrogen (secondary N) is 1. The first-order valence-electron chi connectivity index (χ1n) is 14.0. The van der Waals surface area contributed by atoms with E-state index in [0.29, 0.717) is 67.6 Å². The van der Waals surface area contributed by atoms with Crippen molar-refractivity contribution in [1.82, 2.24) is 19.9 Å². The predicted molar refractivity (Wildman–Crippen MR) is 150 cm³/mol. The van der Waals surface area contributed by atoms with Crippen LogP contribution >= 0.6 is 0 Å². The van der Waals surface area contributed by atoms with Gasteiger partial charge in [0.1, 0.15) is 17.3 Å². The van der Waals surface area contributed by atoms with E-state index in [2.05, 4.69) is 20.2 Å². The van der Waals surface area contributed by atoms with E-state index >= 15 is 0 Å². The number of carbonyl (C=O) groups is 2. The van der Waals surface area contributed by atoms with Crippen molar-refractivity contribution >= 4 is 23.5 Å². The highest BCUT2D eigenvalue weighted by Crippen LogP contribution is 2.36. The molecule has 2 aliphatic rings. The number of anilines is 2. The van der Waals surface area contributed by atoms with Crippen molar-refractivity contribution in [2.75, 3.05) is 36.4 Å². The molecule has 11 heteroatoms. The number of carboxylic acid groups (broad SMARTS) is 1. The molecule has 2 fully saturated rings. The van der Waals surface area contributed by atoms with Gasteiger partial charge in [0.15, 0.2) is 0 Å². The fraction of sp³-hybridized carbons (Fsp3) is 0.621. The SMILES string of the molecule is Cc1cc(N2CCN(C(=O)c3cnc(NCC4CCC(F)(F)CC4)c(C(C)C)n3)C(C)(C)C2)nc(C)c1C(=O)O. The van der Waals surface area contributed by atoms with E-state index < -0.39 is 17.4 Å². The average Bonchev–Trinajstić information content (AvgIpc) is 2.86. The van der Waals surface area contributed by atoms with Crippen molar-refractivity contribution in [2.45, 2.75) is 84.6 Å². The number of piperazine rings is 1. The van der Waals surface area contributed by atoms with Crippen LogP contribution in [0.25, 0.3) is 0 Å². The summed E-state index contributed by atoms with van der Waals surface area (Å²) in [5.74, 6) is -2.31. The van der Waals surface area contributed by atoms with Crippen LogP contribution in [0, 0.1) is 19.8 Å². The van der Waals surface area contributed by atoms with Crippen molar-refractivity contribution in [3.05, 3.63) is 40.5 Å². The van der Waals surface area contributed by atoms with Gasteiger partial charge in [0.25, 0.3) is 5.91 Å². The third-order valence-electron chi connectivity index (χ3n) is 8.03. The molecule has 3 heterocycles. The monoisotopic (exact) mass is 558 g/mol. The van der Waals surface area contributed by atoms with Gasteiger partial charge in [0, 0.05) is 39.0 Å². The average molecular weight is 559 g/mol. The van der Waals surface area contributed by atoms with Crippen LogP contribution in [0.4, 0.5) is 20.4 Å². The molecule has 1 amide bonds. The standard InChI is InChI=1S/C29H40F2N6O3/c1-17(2)24-25(32-14-20-7-9-29(30,31)10-8-20)33-15-21(35-24)26(38)37-12-11-36(16-28(37,5)6)22-13-18(3)23(27(39)40)19(4)34-22/h13,15,17,20H,7-12,14,16H2,1-6H3,(H,32,33)(H,39,40). The van der Waals surface area contributed by atoms with Crippen molar-refractivity contribution in [3.63, 3.8) is 0 Å². The van der Waals surface area contributed by atoms with Crippen LogP contribution in [-0.4, -0.2) is 74.5 Å². The fourth-order valence-corrected chi connectivity index (χ4v) is 5.75. The van der Waals surface area contributed by atoms with E-state index in [1.165, 1.54) is 6.20 Å². The second-order valence-corrected chi connectivity index (χ2v) is 12.1. The third-order valence-corrected chi connectivity index (χ3v) is 8.03. The highest BCUT2D eigenvalue weighted by molar-refractivity contribution is 5.93. The van der Waals surface area contributed by atoms with Crippen LogP contribution in [0.3, 0.4) is 0 Å². The van der Waals surface area contributed by atoms with Crippen molar-refractivity contribution in [1.29, 1.82) is 0 Å². The number of rotatable bonds is 7. The van der Waals surface area contributed by atoms with Crippen LogP contribution in [-0.2, 0) is 0 Å². The summed E-state index contributed by atoms with van der Waals surface area (Å²) < 4.78 is 27.0. The summed E-state index contributed by atoms with van der Waals surface area (Å²) in [6.07, 6.45) is 2.27. The summed E-state index contributed by atoms with van der Waals surface area (Å²) in [6, 6.07) is 1.79. The molecule has 0 aromatic carbocycles. The molecule has 0 unspecified atom stereocenters. The minimum atomic E-state index is -2.56. The summed E-state index contributed by atoms with van der Waals surface area (Å²) in [7, 11) is 0. The third kappa shape index (κ3) is 6.33. The van der Waals surface area contributed by atoms with Gasteiger partial charge in [-0.05, 0) is 64.0 Å². The number of carbonyl (C=O) groups excluding carboxylic acids is 1. The molecule has 218 valence electrons. The number of hydrogen-bond acceptors (Lipinski definition) is 7.